The number of aryl methyl sites for hydroxylation is 2. The van der Waals surface area contributed by atoms with Gasteiger partial charge in [0.2, 0.25) is 0 Å². The molecule has 1 fully saturated rings. The van der Waals surface area contributed by atoms with Crippen molar-refractivity contribution in [1.82, 2.24) is 10.3 Å². The lowest BCUT2D eigenvalue weighted by Crippen LogP contribution is -2.55. The van der Waals surface area contributed by atoms with Gasteiger partial charge in [-0.2, -0.15) is 0 Å². The molecule has 35 heavy (non-hydrogen) atoms. The number of nitrogens with zero attached hydrogens (tertiary/aromatic N) is 1. The van der Waals surface area contributed by atoms with Crippen LogP contribution in [0, 0.1) is 13.8 Å². The van der Waals surface area contributed by atoms with E-state index in [0.29, 0.717) is 18.5 Å². The third-order valence-corrected chi connectivity index (χ3v) is 6.85. The molecule has 10 heteroatoms. The third kappa shape index (κ3) is 6.73. The molecule has 2 aromatic rings. The summed E-state index contributed by atoms with van der Waals surface area (Å²) in [5.41, 5.74) is 1.35. The maximum absolute atomic E-state index is 13.4. The summed E-state index contributed by atoms with van der Waals surface area (Å²) in [5.74, 6) is -1.06. The van der Waals surface area contributed by atoms with E-state index in [1.807, 2.05) is 26.0 Å². The molecule has 188 valence electrons. The summed E-state index contributed by atoms with van der Waals surface area (Å²) in [4.78, 5) is 43.1. The van der Waals surface area contributed by atoms with Gasteiger partial charge < -0.3 is 20.7 Å². The summed E-state index contributed by atoms with van der Waals surface area (Å²) in [5, 5.41) is 8.63. The molecule has 3 amide bonds. The monoisotopic (exact) mass is 564 g/mol. The number of ether oxygens (including phenoxy) is 1. The zero-order chi connectivity index (χ0) is 25.6. The van der Waals surface area contributed by atoms with Gasteiger partial charge in [-0.1, -0.05) is 59.6 Å². The van der Waals surface area contributed by atoms with Gasteiger partial charge in [0.25, 0.3) is 5.91 Å². The highest BCUT2D eigenvalue weighted by molar-refractivity contribution is 9.10. The lowest BCUT2D eigenvalue weighted by Gasteiger charge is -2.33. The van der Waals surface area contributed by atoms with Crippen molar-refractivity contribution in [1.29, 1.82) is 0 Å². The Bertz CT molecular complexity index is 1090. The van der Waals surface area contributed by atoms with Gasteiger partial charge in [0.15, 0.2) is 5.69 Å². The number of hydrogen-bond acceptors (Lipinski definition) is 5. The number of halogens is 2. The van der Waals surface area contributed by atoms with E-state index in [4.69, 9.17) is 16.3 Å². The molecule has 1 aromatic carbocycles. The second-order valence-corrected chi connectivity index (χ2v) is 10.2. The Morgan fingerprint density at radius 2 is 1.60 bits per heavy atom. The van der Waals surface area contributed by atoms with E-state index in [1.54, 1.807) is 0 Å². The van der Waals surface area contributed by atoms with Gasteiger partial charge in [0.05, 0.1) is 17.8 Å². The normalized spacial score (nSPS) is 15.3. The fourth-order valence-corrected chi connectivity index (χ4v) is 5.30. The predicted octanol–water partition coefficient (Wildman–Crippen LogP) is 6.14. The average Bonchev–Trinajstić information content (AvgIpc) is 2.77. The number of pyridine rings is 1. The minimum atomic E-state index is -1.14. The third-order valence-electron chi connectivity index (χ3n) is 6.19. The molecule has 1 heterocycles. The standard InChI is InChI=1S/C25H30BrClN4O4/c1-15-11-17(26)12-16(2)20(15)30-24(34)29-19-13-18(27)14-28-21(19)22(32)31-25(23(33)35-3)9-7-5-4-6-8-10-25/h11-14H,4-10H2,1-3H3,(H,31,32)(H2,29,30,34). The summed E-state index contributed by atoms with van der Waals surface area (Å²) in [6.45, 7) is 3.77. The van der Waals surface area contributed by atoms with Gasteiger partial charge in [-0.25, -0.2) is 14.6 Å². The Hall–Kier alpha value is -2.65. The molecule has 0 atom stereocenters. The van der Waals surface area contributed by atoms with Crippen LogP contribution in [0.3, 0.4) is 0 Å². The molecule has 1 saturated carbocycles. The van der Waals surface area contributed by atoms with Crippen molar-refractivity contribution in [3.63, 3.8) is 0 Å². The average molecular weight is 566 g/mol. The van der Waals surface area contributed by atoms with Crippen molar-refractivity contribution in [3.05, 3.63) is 50.7 Å². The minimum absolute atomic E-state index is 0.0425. The van der Waals surface area contributed by atoms with Crippen LogP contribution in [0.1, 0.15) is 66.6 Å². The van der Waals surface area contributed by atoms with Crippen LogP contribution in [0.25, 0.3) is 0 Å². The molecule has 1 aromatic heterocycles. The minimum Gasteiger partial charge on any atom is -0.467 e. The molecule has 0 aliphatic heterocycles. The first-order chi connectivity index (χ1) is 16.6. The highest BCUT2D eigenvalue weighted by Gasteiger charge is 2.41. The van der Waals surface area contributed by atoms with E-state index in [2.05, 4.69) is 36.9 Å². The van der Waals surface area contributed by atoms with Crippen molar-refractivity contribution in [2.75, 3.05) is 17.7 Å². The van der Waals surface area contributed by atoms with Crippen LogP contribution < -0.4 is 16.0 Å². The van der Waals surface area contributed by atoms with E-state index in [1.165, 1.54) is 19.4 Å². The van der Waals surface area contributed by atoms with E-state index in [-0.39, 0.29) is 16.4 Å². The number of urea groups is 1. The van der Waals surface area contributed by atoms with E-state index < -0.39 is 23.4 Å². The number of carbonyl (C=O) groups excluding carboxylic acids is 3. The summed E-state index contributed by atoms with van der Waals surface area (Å²) in [6, 6.07) is 4.69. The summed E-state index contributed by atoms with van der Waals surface area (Å²) >= 11 is 9.56. The van der Waals surface area contributed by atoms with E-state index >= 15 is 0 Å². The first kappa shape index (κ1) is 26.9. The van der Waals surface area contributed by atoms with Gasteiger partial charge in [-0.3, -0.25) is 4.79 Å². The van der Waals surface area contributed by atoms with Gasteiger partial charge >= 0.3 is 12.0 Å². The largest absolute Gasteiger partial charge is 0.467 e. The van der Waals surface area contributed by atoms with Gasteiger partial charge in [-0.05, 0) is 56.0 Å². The van der Waals surface area contributed by atoms with Crippen molar-refractivity contribution < 1.29 is 19.1 Å². The van der Waals surface area contributed by atoms with Crippen LogP contribution in [0.2, 0.25) is 5.02 Å². The second kappa shape index (κ2) is 11.9. The number of benzene rings is 1. The maximum Gasteiger partial charge on any atom is 0.331 e. The Balaban J connectivity index is 1.85. The molecule has 1 aliphatic carbocycles. The Kier molecular flexibility index (Phi) is 9.13. The molecule has 8 nitrogen and oxygen atoms in total. The number of amides is 3. The number of rotatable bonds is 5. The van der Waals surface area contributed by atoms with Gasteiger partial charge in [0, 0.05) is 16.4 Å². The SMILES string of the molecule is COC(=O)C1(NC(=O)c2ncc(Cl)cc2NC(=O)Nc2c(C)cc(Br)cc2C)CCCCCCC1. The van der Waals surface area contributed by atoms with Crippen molar-refractivity contribution in [2.24, 2.45) is 0 Å². The predicted molar refractivity (Wildman–Crippen MR) is 140 cm³/mol. The van der Waals surface area contributed by atoms with Crippen LogP contribution in [-0.2, 0) is 9.53 Å². The summed E-state index contributed by atoms with van der Waals surface area (Å²) < 4.78 is 5.97. The molecular formula is C25H30BrClN4O4. The maximum atomic E-state index is 13.4. The van der Waals surface area contributed by atoms with E-state index in [9.17, 15) is 14.4 Å². The Labute approximate surface area is 218 Å². The van der Waals surface area contributed by atoms with Gasteiger partial charge in [-0.15, -0.1) is 0 Å². The fourth-order valence-electron chi connectivity index (χ4n) is 4.45. The van der Waals surface area contributed by atoms with Crippen molar-refractivity contribution in [3.8, 4) is 0 Å². The van der Waals surface area contributed by atoms with Crippen molar-refractivity contribution >= 4 is 56.8 Å². The number of aromatic nitrogens is 1. The fraction of sp³-hybridized carbons (Fsp3) is 0.440. The topological polar surface area (TPSA) is 109 Å². The van der Waals surface area contributed by atoms with Crippen molar-refractivity contribution in [2.45, 2.75) is 64.3 Å². The van der Waals surface area contributed by atoms with Crippen LogP contribution in [0.4, 0.5) is 16.2 Å². The Morgan fingerprint density at radius 1 is 1.00 bits per heavy atom. The number of nitrogens with one attached hydrogen (secondary N) is 3. The zero-order valence-corrected chi connectivity index (χ0v) is 22.4. The lowest BCUT2D eigenvalue weighted by molar-refractivity contribution is -0.149. The Morgan fingerprint density at radius 3 is 2.20 bits per heavy atom. The zero-order valence-electron chi connectivity index (χ0n) is 20.1. The van der Waals surface area contributed by atoms with Gasteiger partial charge in [0.1, 0.15) is 5.54 Å². The summed E-state index contributed by atoms with van der Waals surface area (Å²) in [7, 11) is 1.32. The van der Waals surface area contributed by atoms with Crippen LogP contribution in [0.5, 0.6) is 0 Å². The molecule has 0 spiro atoms. The molecule has 0 radical (unpaired) electrons. The number of anilines is 2. The number of hydrogen-bond donors (Lipinski definition) is 3. The van der Waals surface area contributed by atoms with E-state index in [0.717, 1.165) is 47.7 Å². The highest BCUT2D eigenvalue weighted by Crippen LogP contribution is 2.29. The molecule has 3 N–H and O–H groups in total. The van der Waals surface area contributed by atoms with Crippen LogP contribution >= 0.6 is 27.5 Å². The second-order valence-electron chi connectivity index (χ2n) is 8.84. The number of carbonyl (C=O) groups is 3. The molecule has 3 rings (SSSR count). The van der Waals surface area contributed by atoms with Crippen LogP contribution in [0.15, 0.2) is 28.9 Å². The number of methoxy groups -OCH3 is 1. The van der Waals surface area contributed by atoms with Crippen LogP contribution in [-0.4, -0.2) is 35.5 Å². The summed E-state index contributed by atoms with van der Waals surface area (Å²) in [6.07, 6.45) is 6.93. The molecule has 0 unspecified atom stereocenters. The number of esters is 1. The lowest BCUT2D eigenvalue weighted by atomic mass is 9.83. The molecule has 1 aliphatic rings. The first-order valence-electron chi connectivity index (χ1n) is 11.6. The quantitative estimate of drug-likeness (QED) is 0.377. The molecular weight excluding hydrogens is 536 g/mol. The highest BCUT2D eigenvalue weighted by atomic mass is 79.9. The molecule has 0 bridgehead atoms. The first-order valence-corrected chi connectivity index (χ1v) is 12.7. The smallest absolute Gasteiger partial charge is 0.331 e. The molecule has 0 saturated heterocycles.